The number of rotatable bonds is 3. The van der Waals surface area contributed by atoms with Gasteiger partial charge in [-0.05, 0) is 43.0 Å². The number of nitrogens with zero attached hydrogens (tertiary/aromatic N) is 1. The Kier molecular flexibility index (Phi) is 3.72. The fourth-order valence-electron chi connectivity index (χ4n) is 2.50. The van der Waals surface area contributed by atoms with Crippen LogP contribution in [-0.2, 0) is 0 Å². The van der Waals surface area contributed by atoms with Gasteiger partial charge in [0.1, 0.15) is 11.4 Å². The second kappa shape index (κ2) is 5.66. The van der Waals surface area contributed by atoms with Crippen molar-refractivity contribution in [3.05, 3.63) is 23.4 Å². The van der Waals surface area contributed by atoms with Crippen LogP contribution in [0.15, 0.2) is 23.3 Å². The molecule has 5 N–H and O–H groups in total. The van der Waals surface area contributed by atoms with Crippen LogP contribution >= 0.6 is 0 Å². The Hall–Kier alpha value is -1.83. The monoisotopic (exact) mass is 277 g/mol. The van der Waals surface area contributed by atoms with Crippen LogP contribution in [0.3, 0.4) is 0 Å². The van der Waals surface area contributed by atoms with E-state index < -0.39 is 0 Å². The third kappa shape index (κ3) is 2.84. The maximum absolute atomic E-state index is 11.7. The maximum atomic E-state index is 11.7. The highest BCUT2D eigenvalue weighted by atomic mass is 16.5. The lowest BCUT2D eigenvalue weighted by molar-refractivity contribution is -0.783. The SMILES string of the molecule is NC1=N[NH+]([O-])c2ccc(OCC3CCNCC3)cc2N1. The Morgan fingerprint density at radius 1 is 1.40 bits per heavy atom. The van der Waals surface area contributed by atoms with Crippen molar-refractivity contribution in [1.29, 1.82) is 0 Å². The standard InChI is InChI=1S/C13H19N5O2/c14-13-16-11-7-10(1-2-12(11)18(19)17-13)20-8-9-3-5-15-6-4-9/h1-2,7,9,15,18H,3-6,8H2,(H3,14,16,17). The average molecular weight is 277 g/mol. The molecule has 0 spiro atoms. The Labute approximate surface area is 117 Å². The number of anilines is 1. The summed E-state index contributed by atoms with van der Waals surface area (Å²) in [6.07, 6.45) is 2.28. The minimum Gasteiger partial charge on any atom is -0.601 e. The van der Waals surface area contributed by atoms with Gasteiger partial charge in [-0.25, -0.2) is 5.17 Å². The van der Waals surface area contributed by atoms with E-state index in [4.69, 9.17) is 10.5 Å². The summed E-state index contributed by atoms with van der Waals surface area (Å²) in [7, 11) is 0. The van der Waals surface area contributed by atoms with E-state index in [1.165, 1.54) is 0 Å². The lowest BCUT2D eigenvalue weighted by atomic mass is 9.99. The number of quaternary nitrogens is 1. The van der Waals surface area contributed by atoms with Crippen molar-refractivity contribution >= 4 is 17.3 Å². The van der Waals surface area contributed by atoms with Crippen LogP contribution in [-0.4, -0.2) is 25.7 Å². The first-order valence-corrected chi connectivity index (χ1v) is 6.85. The number of hydrogen-bond acceptors (Lipinski definition) is 6. The molecule has 2 aliphatic rings. The number of ether oxygens (including phenoxy) is 1. The van der Waals surface area contributed by atoms with Gasteiger partial charge in [0, 0.05) is 12.1 Å². The third-order valence-electron chi connectivity index (χ3n) is 3.65. The summed E-state index contributed by atoms with van der Waals surface area (Å²) in [5, 5.41) is 21.2. The predicted octanol–water partition coefficient (Wildman–Crippen LogP) is -0.266. The molecule has 1 aromatic rings. The summed E-state index contributed by atoms with van der Waals surface area (Å²) in [6, 6.07) is 5.32. The van der Waals surface area contributed by atoms with Crippen molar-refractivity contribution in [3.8, 4) is 5.75 Å². The van der Waals surface area contributed by atoms with Gasteiger partial charge in [0.15, 0.2) is 5.69 Å². The van der Waals surface area contributed by atoms with Crippen LogP contribution in [0.4, 0.5) is 11.4 Å². The summed E-state index contributed by atoms with van der Waals surface area (Å²) in [6.45, 7) is 2.82. The van der Waals surface area contributed by atoms with E-state index in [1.54, 1.807) is 18.2 Å². The van der Waals surface area contributed by atoms with E-state index in [1.807, 2.05) is 0 Å². The summed E-state index contributed by atoms with van der Waals surface area (Å²) in [5.41, 5.74) is 6.73. The topological polar surface area (TPSA) is 99.2 Å². The van der Waals surface area contributed by atoms with Gasteiger partial charge in [0.05, 0.1) is 6.61 Å². The van der Waals surface area contributed by atoms with Gasteiger partial charge in [0.2, 0.25) is 0 Å². The molecule has 0 bridgehead atoms. The minimum atomic E-state index is -0.318. The summed E-state index contributed by atoms with van der Waals surface area (Å²) >= 11 is 0. The summed E-state index contributed by atoms with van der Waals surface area (Å²) in [5.74, 6) is 1.46. The fourth-order valence-corrected chi connectivity index (χ4v) is 2.50. The second-order valence-corrected chi connectivity index (χ2v) is 5.14. The molecule has 0 aliphatic carbocycles. The molecular weight excluding hydrogens is 258 g/mol. The Balaban J connectivity index is 1.65. The van der Waals surface area contributed by atoms with Crippen molar-refractivity contribution < 1.29 is 9.91 Å². The highest BCUT2D eigenvalue weighted by Gasteiger charge is 2.19. The molecule has 2 heterocycles. The number of nitrogens with one attached hydrogen (secondary N) is 3. The molecule has 3 rings (SSSR count). The van der Waals surface area contributed by atoms with Crippen LogP contribution in [0.5, 0.6) is 5.75 Å². The zero-order valence-electron chi connectivity index (χ0n) is 11.2. The van der Waals surface area contributed by atoms with Crippen LogP contribution in [0, 0.1) is 11.1 Å². The van der Waals surface area contributed by atoms with Gasteiger partial charge in [-0.1, -0.05) is 0 Å². The number of fused-ring (bicyclic) bond motifs is 1. The predicted molar refractivity (Wildman–Crippen MR) is 76.8 cm³/mol. The zero-order chi connectivity index (χ0) is 13.9. The van der Waals surface area contributed by atoms with Gasteiger partial charge in [0.25, 0.3) is 5.96 Å². The Morgan fingerprint density at radius 2 is 2.20 bits per heavy atom. The second-order valence-electron chi connectivity index (χ2n) is 5.14. The highest BCUT2D eigenvalue weighted by molar-refractivity contribution is 5.95. The quantitative estimate of drug-likeness (QED) is 0.570. The molecule has 7 nitrogen and oxygen atoms in total. The van der Waals surface area contributed by atoms with Crippen LogP contribution in [0.1, 0.15) is 12.8 Å². The van der Waals surface area contributed by atoms with Crippen molar-refractivity contribution in [2.24, 2.45) is 16.8 Å². The highest BCUT2D eigenvalue weighted by Crippen LogP contribution is 2.26. The van der Waals surface area contributed by atoms with E-state index in [-0.39, 0.29) is 11.1 Å². The van der Waals surface area contributed by atoms with Crippen molar-refractivity contribution in [2.75, 3.05) is 25.0 Å². The van der Waals surface area contributed by atoms with Crippen LogP contribution < -0.4 is 26.3 Å². The van der Waals surface area contributed by atoms with Crippen molar-refractivity contribution in [1.82, 2.24) is 5.32 Å². The van der Waals surface area contributed by atoms with Gasteiger partial charge in [-0.2, -0.15) is 0 Å². The Morgan fingerprint density at radius 3 is 3.00 bits per heavy atom. The van der Waals surface area contributed by atoms with Gasteiger partial charge in [-0.3, -0.25) is 0 Å². The first kappa shape index (κ1) is 13.2. The fraction of sp³-hybridized carbons (Fsp3) is 0.462. The Bertz CT molecular complexity index is 513. The molecule has 2 aliphatic heterocycles. The molecule has 1 saturated heterocycles. The molecular formula is C13H19N5O2. The molecule has 7 heteroatoms. The number of piperidine rings is 1. The molecule has 20 heavy (non-hydrogen) atoms. The maximum Gasteiger partial charge on any atom is 0.252 e. The molecule has 1 fully saturated rings. The first-order valence-electron chi connectivity index (χ1n) is 6.85. The lowest BCUT2D eigenvalue weighted by Gasteiger charge is -2.25. The zero-order valence-corrected chi connectivity index (χ0v) is 11.2. The lowest BCUT2D eigenvalue weighted by Crippen LogP contribution is -2.98. The first-order chi connectivity index (χ1) is 9.72. The van der Waals surface area contributed by atoms with Crippen molar-refractivity contribution in [2.45, 2.75) is 12.8 Å². The molecule has 1 atom stereocenters. The molecule has 108 valence electrons. The van der Waals surface area contributed by atoms with Crippen molar-refractivity contribution in [3.63, 3.8) is 0 Å². The van der Waals surface area contributed by atoms with Gasteiger partial charge in [-0.15, -0.1) is 0 Å². The molecule has 0 amide bonds. The number of hydrogen-bond donors (Lipinski definition) is 4. The van der Waals surface area contributed by atoms with E-state index in [0.717, 1.165) is 31.7 Å². The molecule has 0 aromatic heterocycles. The average Bonchev–Trinajstić information content (AvgIpc) is 2.45. The molecule has 0 saturated carbocycles. The van der Waals surface area contributed by atoms with E-state index in [0.29, 0.717) is 23.9 Å². The summed E-state index contributed by atoms with van der Waals surface area (Å²) < 4.78 is 5.82. The summed E-state index contributed by atoms with van der Waals surface area (Å²) in [4.78, 5) is 0. The normalized spacial score (nSPS) is 22.6. The van der Waals surface area contributed by atoms with E-state index >= 15 is 0 Å². The molecule has 1 unspecified atom stereocenters. The molecule has 0 radical (unpaired) electrons. The number of benzene rings is 1. The van der Waals surface area contributed by atoms with E-state index in [2.05, 4.69) is 15.7 Å². The minimum absolute atomic E-state index is 0.123. The van der Waals surface area contributed by atoms with Crippen LogP contribution in [0.2, 0.25) is 0 Å². The van der Waals surface area contributed by atoms with E-state index in [9.17, 15) is 5.21 Å². The van der Waals surface area contributed by atoms with Gasteiger partial charge >= 0.3 is 0 Å². The smallest absolute Gasteiger partial charge is 0.252 e. The number of guanidine groups is 1. The third-order valence-corrected chi connectivity index (χ3v) is 3.65. The van der Waals surface area contributed by atoms with Crippen LogP contribution in [0.25, 0.3) is 0 Å². The van der Waals surface area contributed by atoms with Gasteiger partial charge < -0.3 is 26.3 Å². The molecule has 1 aromatic carbocycles. The number of nitrogens with two attached hydrogens (primary N) is 1. The largest absolute Gasteiger partial charge is 0.601 e.